The third-order valence-corrected chi connectivity index (χ3v) is 5.09. The quantitative estimate of drug-likeness (QED) is 0.785. The van der Waals surface area contributed by atoms with Gasteiger partial charge in [-0.05, 0) is 47.5 Å². The third kappa shape index (κ3) is 2.96. The summed E-state index contributed by atoms with van der Waals surface area (Å²) in [6, 6.07) is 12.3. The van der Waals surface area contributed by atoms with Crippen molar-refractivity contribution in [1.82, 2.24) is 4.90 Å². The van der Waals surface area contributed by atoms with Gasteiger partial charge in [0.1, 0.15) is 5.75 Å². The van der Waals surface area contributed by atoms with E-state index in [1.54, 1.807) is 7.11 Å². The zero-order valence-electron chi connectivity index (χ0n) is 12.8. The molecule has 1 unspecified atom stereocenters. The summed E-state index contributed by atoms with van der Waals surface area (Å²) in [6.45, 7) is 5.17. The van der Waals surface area contributed by atoms with E-state index in [2.05, 4.69) is 30.0 Å². The fraction of sp³-hybridized carbons (Fsp3) is 0.333. The Morgan fingerprint density at radius 2 is 1.95 bits per heavy atom. The van der Waals surface area contributed by atoms with Crippen molar-refractivity contribution >= 4 is 23.2 Å². The second-order valence-corrected chi connectivity index (χ2v) is 6.43. The topological polar surface area (TPSA) is 12.5 Å². The van der Waals surface area contributed by atoms with Crippen molar-refractivity contribution in [3.8, 4) is 5.75 Å². The van der Waals surface area contributed by atoms with Gasteiger partial charge in [0.15, 0.2) is 0 Å². The van der Waals surface area contributed by atoms with Crippen molar-refractivity contribution in [2.45, 2.75) is 19.4 Å². The Morgan fingerprint density at radius 3 is 2.64 bits per heavy atom. The minimum atomic E-state index is 0.310. The first-order valence-electron chi connectivity index (χ1n) is 7.46. The Balaban J connectivity index is 2.05. The fourth-order valence-electron chi connectivity index (χ4n) is 3.10. The standard InChI is InChI=1S/C18H19Cl2NO/c1-3-21-10-13-8-14(22-2)5-6-15(13)16(11-21)12-4-7-17(19)18(20)9-12/h4-9,16H,3,10-11H2,1-2H3. The molecule has 0 fully saturated rings. The van der Waals surface area contributed by atoms with E-state index < -0.39 is 0 Å². The zero-order valence-corrected chi connectivity index (χ0v) is 14.3. The molecule has 0 bridgehead atoms. The van der Waals surface area contributed by atoms with Gasteiger partial charge in [-0.2, -0.15) is 0 Å². The van der Waals surface area contributed by atoms with Gasteiger partial charge in [-0.1, -0.05) is 42.3 Å². The van der Waals surface area contributed by atoms with E-state index in [0.29, 0.717) is 16.0 Å². The average Bonchev–Trinajstić information content (AvgIpc) is 2.55. The number of ether oxygens (including phenoxy) is 1. The predicted octanol–water partition coefficient (Wildman–Crippen LogP) is 4.97. The van der Waals surface area contributed by atoms with E-state index in [4.69, 9.17) is 27.9 Å². The Bertz CT molecular complexity index is 687. The molecule has 2 nitrogen and oxygen atoms in total. The Hall–Kier alpha value is -1.22. The average molecular weight is 336 g/mol. The van der Waals surface area contributed by atoms with Crippen molar-refractivity contribution in [2.24, 2.45) is 0 Å². The van der Waals surface area contributed by atoms with Gasteiger partial charge in [0, 0.05) is 19.0 Å². The highest BCUT2D eigenvalue weighted by molar-refractivity contribution is 6.42. The molecule has 1 aliphatic heterocycles. The highest BCUT2D eigenvalue weighted by Gasteiger charge is 2.26. The normalized spacial score (nSPS) is 18.1. The smallest absolute Gasteiger partial charge is 0.119 e. The van der Waals surface area contributed by atoms with E-state index >= 15 is 0 Å². The summed E-state index contributed by atoms with van der Waals surface area (Å²) in [5, 5.41) is 1.21. The van der Waals surface area contributed by atoms with Gasteiger partial charge < -0.3 is 4.74 Å². The molecule has 116 valence electrons. The van der Waals surface area contributed by atoms with Gasteiger partial charge in [0.05, 0.1) is 17.2 Å². The van der Waals surface area contributed by atoms with E-state index in [0.717, 1.165) is 25.4 Å². The van der Waals surface area contributed by atoms with Crippen molar-refractivity contribution in [3.63, 3.8) is 0 Å². The SMILES string of the molecule is CCN1Cc2cc(OC)ccc2C(c2ccc(Cl)c(Cl)c2)C1. The molecule has 0 amide bonds. The van der Waals surface area contributed by atoms with Crippen LogP contribution in [0.3, 0.4) is 0 Å². The lowest BCUT2D eigenvalue weighted by molar-refractivity contribution is 0.252. The van der Waals surface area contributed by atoms with Crippen molar-refractivity contribution < 1.29 is 4.74 Å². The van der Waals surface area contributed by atoms with E-state index in [1.165, 1.54) is 16.7 Å². The first kappa shape index (κ1) is 15.7. The number of fused-ring (bicyclic) bond motifs is 1. The van der Waals surface area contributed by atoms with Crippen LogP contribution in [0, 0.1) is 0 Å². The van der Waals surface area contributed by atoms with Crippen LogP contribution in [0.5, 0.6) is 5.75 Å². The Morgan fingerprint density at radius 1 is 1.14 bits per heavy atom. The monoisotopic (exact) mass is 335 g/mol. The minimum absolute atomic E-state index is 0.310. The molecule has 0 radical (unpaired) electrons. The molecule has 4 heteroatoms. The van der Waals surface area contributed by atoms with E-state index in [9.17, 15) is 0 Å². The number of benzene rings is 2. The molecule has 22 heavy (non-hydrogen) atoms. The van der Waals surface area contributed by atoms with Gasteiger partial charge in [-0.3, -0.25) is 4.90 Å². The lowest BCUT2D eigenvalue weighted by atomic mass is 9.84. The number of likely N-dealkylation sites (N-methyl/N-ethyl adjacent to an activating group) is 1. The molecule has 1 heterocycles. The van der Waals surface area contributed by atoms with Gasteiger partial charge in [-0.15, -0.1) is 0 Å². The highest BCUT2D eigenvalue weighted by atomic mass is 35.5. The van der Waals surface area contributed by atoms with Crippen LogP contribution in [0.15, 0.2) is 36.4 Å². The molecular formula is C18H19Cl2NO. The number of methoxy groups -OCH3 is 1. The van der Waals surface area contributed by atoms with Gasteiger partial charge in [-0.25, -0.2) is 0 Å². The van der Waals surface area contributed by atoms with Crippen LogP contribution in [0.25, 0.3) is 0 Å². The van der Waals surface area contributed by atoms with Crippen molar-refractivity contribution in [2.75, 3.05) is 20.2 Å². The number of hydrogen-bond acceptors (Lipinski definition) is 2. The molecular weight excluding hydrogens is 317 g/mol. The number of nitrogens with zero attached hydrogens (tertiary/aromatic N) is 1. The van der Waals surface area contributed by atoms with E-state index in [-0.39, 0.29) is 0 Å². The van der Waals surface area contributed by atoms with Gasteiger partial charge >= 0.3 is 0 Å². The lowest BCUT2D eigenvalue weighted by Gasteiger charge is -2.34. The maximum absolute atomic E-state index is 6.21. The second kappa shape index (κ2) is 6.49. The van der Waals surface area contributed by atoms with Crippen LogP contribution < -0.4 is 4.74 Å². The van der Waals surface area contributed by atoms with Crippen LogP contribution in [0.1, 0.15) is 29.5 Å². The predicted molar refractivity (Wildman–Crippen MR) is 92.3 cm³/mol. The molecule has 0 saturated carbocycles. The first-order valence-corrected chi connectivity index (χ1v) is 8.22. The first-order chi connectivity index (χ1) is 10.6. The van der Waals surface area contributed by atoms with Crippen LogP contribution in [-0.4, -0.2) is 25.1 Å². The summed E-state index contributed by atoms with van der Waals surface area (Å²) in [6.07, 6.45) is 0. The Kier molecular flexibility index (Phi) is 4.62. The van der Waals surface area contributed by atoms with Crippen LogP contribution in [-0.2, 0) is 6.54 Å². The molecule has 0 spiro atoms. The van der Waals surface area contributed by atoms with Crippen LogP contribution >= 0.6 is 23.2 Å². The largest absolute Gasteiger partial charge is 0.497 e. The molecule has 2 aromatic rings. The molecule has 2 aromatic carbocycles. The summed E-state index contributed by atoms with van der Waals surface area (Å²) in [5.41, 5.74) is 3.88. The second-order valence-electron chi connectivity index (χ2n) is 5.62. The minimum Gasteiger partial charge on any atom is -0.497 e. The maximum atomic E-state index is 6.21. The third-order valence-electron chi connectivity index (χ3n) is 4.35. The molecule has 0 saturated heterocycles. The lowest BCUT2D eigenvalue weighted by Crippen LogP contribution is -2.33. The summed E-state index contributed by atoms with van der Waals surface area (Å²) in [4.78, 5) is 2.44. The Labute approximate surface area is 141 Å². The number of hydrogen-bond donors (Lipinski definition) is 0. The zero-order chi connectivity index (χ0) is 15.7. The summed E-state index contributed by atoms with van der Waals surface area (Å²) >= 11 is 12.3. The molecule has 1 aliphatic rings. The fourth-order valence-corrected chi connectivity index (χ4v) is 3.41. The number of halogens is 2. The molecule has 1 atom stereocenters. The summed E-state index contributed by atoms with van der Waals surface area (Å²) < 4.78 is 5.37. The van der Waals surface area contributed by atoms with Gasteiger partial charge in [0.2, 0.25) is 0 Å². The highest BCUT2D eigenvalue weighted by Crippen LogP contribution is 2.37. The molecule has 0 aliphatic carbocycles. The molecule has 0 N–H and O–H groups in total. The molecule has 3 rings (SSSR count). The summed E-state index contributed by atoms with van der Waals surface area (Å²) in [7, 11) is 1.71. The van der Waals surface area contributed by atoms with Crippen LogP contribution in [0.2, 0.25) is 10.0 Å². The number of rotatable bonds is 3. The van der Waals surface area contributed by atoms with Crippen molar-refractivity contribution in [3.05, 3.63) is 63.1 Å². The van der Waals surface area contributed by atoms with Crippen molar-refractivity contribution in [1.29, 1.82) is 0 Å². The maximum Gasteiger partial charge on any atom is 0.119 e. The van der Waals surface area contributed by atoms with Gasteiger partial charge in [0.25, 0.3) is 0 Å². The molecule has 0 aromatic heterocycles. The van der Waals surface area contributed by atoms with Crippen LogP contribution in [0.4, 0.5) is 0 Å². The van der Waals surface area contributed by atoms with E-state index in [1.807, 2.05) is 18.2 Å². The summed E-state index contributed by atoms with van der Waals surface area (Å²) in [5.74, 6) is 1.22.